The van der Waals surface area contributed by atoms with Crippen LogP contribution in [0, 0.1) is 0 Å². The number of aromatic nitrogens is 5. The molecule has 31 heavy (non-hydrogen) atoms. The maximum Gasteiger partial charge on any atom is 0.293 e. The molecule has 1 aliphatic rings. The third kappa shape index (κ3) is 4.91. The summed E-state index contributed by atoms with van der Waals surface area (Å²) >= 11 is 1.66. The molecule has 0 bridgehead atoms. The van der Waals surface area contributed by atoms with Crippen LogP contribution in [0.2, 0.25) is 0 Å². The second-order valence-corrected chi connectivity index (χ2v) is 7.96. The topological polar surface area (TPSA) is 140 Å². The zero-order valence-electron chi connectivity index (χ0n) is 17.1. The molecule has 4 rings (SSSR count). The third-order valence-corrected chi connectivity index (χ3v) is 5.74. The van der Waals surface area contributed by atoms with Crippen LogP contribution < -0.4 is 11.2 Å². The molecule has 2 aromatic heterocycles. The lowest BCUT2D eigenvalue weighted by molar-refractivity contribution is 0.0947. The number of hydrogen-bond donors (Lipinski definition) is 2. The van der Waals surface area contributed by atoms with Crippen LogP contribution in [0.1, 0.15) is 41.0 Å². The molecule has 1 aliphatic heterocycles. The van der Waals surface area contributed by atoms with Gasteiger partial charge in [-0.3, -0.25) is 9.69 Å². The zero-order chi connectivity index (χ0) is 21.6. The highest BCUT2D eigenvalue weighted by atomic mass is 32.2. The summed E-state index contributed by atoms with van der Waals surface area (Å²) in [6.45, 7) is 2.34. The van der Waals surface area contributed by atoms with Gasteiger partial charge in [-0.05, 0) is 60.2 Å². The minimum absolute atomic E-state index is 0.0727. The highest BCUT2D eigenvalue weighted by Gasteiger charge is 2.26. The van der Waals surface area contributed by atoms with Gasteiger partial charge in [-0.2, -0.15) is 9.78 Å². The second kappa shape index (κ2) is 9.71. The van der Waals surface area contributed by atoms with Crippen molar-refractivity contribution in [3.8, 4) is 5.82 Å². The van der Waals surface area contributed by atoms with E-state index in [1.54, 1.807) is 18.0 Å². The molecule has 0 aliphatic carbocycles. The van der Waals surface area contributed by atoms with Gasteiger partial charge < -0.3 is 5.73 Å². The molecule has 0 atom stereocenters. The van der Waals surface area contributed by atoms with Crippen molar-refractivity contribution >= 4 is 29.7 Å². The van der Waals surface area contributed by atoms with Crippen LogP contribution in [-0.4, -0.2) is 61.7 Å². The fourth-order valence-corrected chi connectivity index (χ4v) is 3.77. The number of carbonyl (C=O) groups is 1. The first-order valence-corrected chi connectivity index (χ1v) is 11.1. The molecule has 0 spiro atoms. The van der Waals surface area contributed by atoms with E-state index in [1.807, 2.05) is 30.5 Å². The van der Waals surface area contributed by atoms with Gasteiger partial charge in [0.2, 0.25) is 11.6 Å². The number of rotatable bonds is 7. The number of nitrogen functional groups attached to an aromatic ring is 1. The molecule has 3 aromatic rings. The van der Waals surface area contributed by atoms with E-state index in [0.29, 0.717) is 12.2 Å². The van der Waals surface area contributed by atoms with Crippen molar-refractivity contribution in [1.29, 1.82) is 0 Å². The minimum atomic E-state index is -0.467. The van der Waals surface area contributed by atoms with Crippen LogP contribution >= 0.6 is 11.8 Å². The lowest BCUT2D eigenvalue weighted by Crippen LogP contribution is -2.31. The van der Waals surface area contributed by atoms with Gasteiger partial charge in [0, 0.05) is 11.4 Å². The van der Waals surface area contributed by atoms with Crippen LogP contribution in [-0.2, 0) is 6.54 Å². The number of hydrazone groups is 1. The number of carbonyl (C=O) groups excluding carboxylic acids is 1. The molecule has 12 heteroatoms. The first-order chi connectivity index (χ1) is 15.2. The van der Waals surface area contributed by atoms with Crippen molar-refractivity contribution in [2.75, 3.05) is 25.1 Å². The molecule has 1 aromatic carbocycles. The number of nitrogens with zero attached hydrogens (tertiary/aromatic N) is 7. The van der Waals surface area contributed by atoms with E-state index < -0.39 is 5.91 Å². The Morgan fingerprint density at radius 3 is 2.71 bits per heavy atom. The van der Waals surface area contributed by atoms with Crippen LogP contribution in [0.4, 0.5) is 5.82 Å². The number of nitrogens with two attached hydrogens (primary N) is 1. The molecular weight excluding hydrogens is 418 g/mol. The largest absolute Gasteiger partial charge is 0.378 e. The Morgan fingerprint density at radius 1 is 1.26 bits per heavy atom. The van der Waals surface area contributed by atoms with Crippen molar-refractivity contribution < 1.29 is 9.42 Å². The van der Waals surface area contributed by atoms with Crippen molar-refractivity contribution in [3.05, 3.63) is 41.2 Å². The summed E-state index contributed by atoms with van der Waals surface area (Å²) in [7, 11) is 0. The third-order valence-electron chi connectivity index (χ3n) is 4.99. The number of thioether (sulfide) groups is 1. The van der Waals surface area contributed by atoms with E-state index in [2.05, 4.69) is 36.1 Å². The van der Waals surface area contributed by atoms with Crippen molar-refractivity contribution in [3.63, 3.8) is 0 Å². The van der Waals surface area contributed by atoms with Gasteiger partial charge in [0.05, 0.1) is 11.9 Å². The maximum atomic E-state index is 12.8. The van der Waals surface area contributed by atoms with Gasteiger partial charge in [-0.15, -0.1) is 16.9 Å². The molecule has 3 heterocycles. The summed E-state index contributed by atoms with van der Waals surface area (Å²) in [4.78, 5) is 16.2. The normalized spacial score (nSPS) is 14.9. The monoisotopic (exact) mass is 441 g/mol. The average molecular weight is 442 g/mol. The molecule has 1 fully saturated rings. The first-order valence-electron chi connectivity index (χ1n) is 9.88. The van der Waals surface area contributed by atoms with Gasteiger partial charge in [0.25, 0.3) is 5.91 Å². The van der Waals surface area contributed by atoms with Crippen molar-refractivity contribution in [2.24, 2.45) is 5.10 Å². The Hall–Kier alpha value is -3.25. The number of benzene rings is 1. The number of piperidine rings is 1. The van der Waals surface area contributed by atoms with Crippen LogP contribution in [0.15, 0.2) is 38.9 Å². The van der Waals surface area contributed by atoms with Gasteiger partial charge in [-0.1, -0.05) is 23.8 Å². The van der Waals surface area contributed by atoms with Crippen LogP contribution in [0.5, 0.6) is 0 Å². The van der Waals surface area contributed by atoms with E-state index in [0.717, 1.165) is 36.4 Å². The lowest BCUT2D eigenvalue weighted by atomic mass is 10.1. The fourth-order valence-electron chi connectivity index (χ4n) is 3.37. The van der Waals surface area contributed by atoms with Crippen molar-refractivity contribution in [1.82, 2.24) is 35.6 Å². The van der Waals surface area contributed by atoms with E-state index in [-0.39, 0.29) is 17.3 Å². The van der Waals surface area contributed by atoms with Gasteiger partial charge in [0.1, 0.15) is 0 Å². The summed E-state index contributed by atoms with van der Waals surface area (Å²) < 4.78 is 6.09. The number of hydrogen-bond acceptors (Lipinski definition) is 10. The van der Waals surface area contributed by atoms with Crippen molar-refractivity contribution in [2.45, 2.75) is 30.7 Å². The van der Waals surface area contributed by atoms with Crippen LogP contribution in [0.25, 0.3) is 5.82 Å². The first kappa shape index (κ1) is 21.0. The van der Waals surface area contributed by atoms with E-state index in [9.17, 15) is 4.79 Å². The summed E-state index contributed by atoms with van der Waals surface area (Å²) in [5, 5.41) is 19.6. The summed E-state index contributed by atoms with van der Waals surface area (Å²) in [5.74, 6) is -0.190. The zero-order valence-corrected chi connectivity index (χ0v) is 17.9. The standard InChI is InChI=1S/C19H23N9O2S/c1-31-14-7-5-13(6-8-14)11-21-23-19(29)16-15(12-27-9-3-2-4-10-27)28(26-22-16)18-17(20)24-30-25-18/h5-8,11H,2-4,9-10,12H2,1H3,(H2,20,24)(H,23,29). The van der Waals surface area contributed by atoms with E-state index in [1.165, 1.54) is 11.1 Å². The Bertz CT molecular complexity index is 1050. The van der Waals surface area contributed by atoms with E-state index >= 15 is 0 Å². The number of anilines is 1. The molecule has 0 unspecified atom stereocenters. The quantitative estimate of drug-likeness (QED) is 0.318. The second-order valence-electron chi connectivity index (χ2n) is 7.08. The van der Waals surface area contributed by atoms with Gasteiger partial charge in [0.15, 0.2) is 5.69 Å². The number of amides is 1. The maximum absolute atomic E-state index is 12.8. The van der Waals surface area contributed by atoms with Gasteiger partial charge in [-0.25, -0.2) is 10.1 Å². The summed E-state index contributed by atoms with van der Waals surface area (Å²) in [6, 6.07) is 7.85. The smallest absolute Gasteiger partial charge is 0.293 e. The number of nitrogens with one attached hydrogen (secondary N) is 1. The predicted octanol–water partition coefficient (Wildman–Crippen LogP) is 1.70. The Morgan fingerprint density at radius 2 is 2.03 bits per heavy atom. The SMILES string of the molecule is CSc1ccc(C=NNC(=O)c2nnn(-c3nonc3N)c2CN2CCCCC2)cc1. The predicted molar refractivity (Wildman–Crippen MR) is 116 cm³/mol. The van der Waals surface area contributed by atoms with E-state index in [4.69, 9.17) is 10.4 Å². The minimum Gasteiger partial charge on any atom is -0.378 e. The average Bonchev–Trinajstić information content (AvgIpc) is 3.40. The highest BCUT2D eigenvalue weighted by Crippen LogP contribution is 2.20. The lowest BCUT2D eigenvalue weighted by Gasteiger charge is -2.26. The molecule has 1 amide bonds. The molecule has 11 nitrogen and oxygen atoms in total. The molecular formula is C19H23N9O2S. The Kier molecular flexibility index (Phi) is 6.57. The molecule has 0 radical (unpaired) electrons. The fraction of sp³-hybridized carbons (Fsp3) is 0.368. The number of likely N-dealkylation sites (tertiary alicyclic amines) is 1. The highest BCUT2D eigenvalue weighted by molar-refractivity contribution is 7.98. The molecule has 0 saturated carbocycles. The Balaban J connectivity index is 1.54. The summed E-state index contributed by atoms with van der Waals surface area (Å²) in [6.07, 6.45) is 7.01. The van der Waals surface area contributed by atoms with Crippen LogP contribution in [0.3, 0.4) is 0 Å². The molecule has 1 saturated heterocycles. The molecule has 162 valence electrons. The molecule has 3 N–H and O–H groups in total. The Labute approximate surface area is 183 Å². The van der Waals surface area contributed by atoms with Gasteiger partial charge >= 0.3 is 0 Å². The summed E-state index contributed by atoms with van der Waals surface area (Å²) in [5.41, 5.74) is 9.94.